The molecular weight excluding hydrogens is 190 g/mol. The zero-order valence-electron chi connectivity index (χ0n) is 8.59. The van der Waals surface area contributed by atoms with Crippen molar-refractivity contribution in [1.29, 1.82) is 0 Å². The highest BCUT2D eigenvalue weighted by Crippen LogP contribution is 2.40. The third-order valence-corrected chi connectivity index (χ3v) is 2.56. The summed E-state index contributed by atoms with van der Waals surface area (Å²) in [6, 6.07) is 3.88. The molecule has 0 amide bonds. The third kappa shape index (κ3) is 2.43. The van der Waals surface area contributed by atoms with Crippen molar-refractivity contribution in [3.8, 4) is 0 Å². The summed E-state index contributed by atoms with van der Waals surface area (Å²) in [5, 5.41) is 0. The Hall–Kier alpha value is -1.64. The number of ether oxygens (including phenoxy) is 1. The molecular formula is C12H13NO2. The molecule has 1 aliphatic carbocycles. The van der Waals surface area contributed by atoms with E-state index in [1.165, 1.54) is 7.11 Å². The second-order valence-electron chi connectivity index (χ2n) is 3.67. The first-order chi connectivity index (χ1) is 7.31. The van der Waals surface area contributed by atoms with Crippen LogP contribution in [0, 0.1) is 11.8 Å². The van der Waals surface area contributed by atoms with Crippen LogP contribution in [0.1, 0.15) is 12.0 Å². The predicted octanol–water partition coefficient (Wildman–Crippen LogP) is 1.90. The van der Waals surface area contributed by atoms with Gasteiger partial charge in [0, 0.05) is 12.4 Å². The Bertz CT molecular complexity index is 372. The molecule has 0 radical (unpaired) electrons. The highest BCUT2D eigenvalue weighted by Gasteiger charge is 2.41. The van der Waals surface area contributed by atoms with Gasteiger partial charge in [-0.15, -0.1) is 0 Å². The summed E-state index contributed by atoms with van der Waals surface area (Å²) in [5.41, 5.74) is 1.06. The average Bonchev–Trinajstić information content (AvgIpc) is 3.06. The van der Waals surface area contributed by atoms with Crippen molar-refractivity contribution in [2.24, 2.45) is 11.8 Å². The summed E-state index contributed by atoms with van der Waals surface area (Å²) in [5.74, 6) is 0.316. The number of methoxy groups -OCH3 is 1. The number of hydrogen-bond acceptors (Lipinski definition) is 3. The minimum absolute atomic E-state index is 0.0721. The van der Waals surface area contributed by atoms with Gasteiger partial charge in [-0.25, -0.2) is 0 Å². The van der Waals surface area contributed by atoms with Crippen LogP contribution >= 0.6 is 0 Å². The van der Waals surface area contributed by atoms with Crippen LogP contribution in [0.2, 0.25) is 0 Å². The monoisotopic (exact) mass is 203 g/mol. The van der Waals surface area contributed by atoms with E-state index in [0.29, 0.717) is 5.92 Å². The lowest BCUT2D eigenvalue weighted by molar-refractivity contribution is -0.142. The van der Waals surface area contributed by atoms with Gasteiger partial charge in [0.1, 0.15) is 0 Å². The summed E-state index contributed by atoms with van der Waals surface area (Å²) in [7, 11) is 1.43. The summed E-state index contributed by atoms with van der Waals surface area (Å²) >= 11 is 0. The van der Waals surface area contributed by atoms with Gasteiger partial charge >= 0.3 is 5.97 Å². The molecule has 78 valence electrons. The van der Waals surface area contributed by atoms with Crippen LogP contribution in [0.4, 0.5) is 0 Å². The van der Waals surface area contributed by atoms with Crippen molar-refractivity contribution in [3.63, 3.8) is 0 Å². The van der Waals surface area contributed by atoms with Gasteiger partial charge in [0.05, 0.1) is 13.0 Å². The van der Waals surface area contributed by atoms with Gasteiger partial charge in [-0.2, -0.15) is 0 Å². The molecule has 0 N–H and O–H groups in total. The standard InChI is InChI=1S/C12H13NO2/c1-15-12(14)11-7-10(11)5-4-9-3-2-6-13-8-9/h2-6,8,10-11H,7H2,1H3. The number of esters is 1. The van der Waals surface area contributed by atoms with E-state index in [0.717, 1.165) is 12.0 Å². The van der Waals surface area contributed by atoms with Gasteiger partial charge in [0.2, 0.25) is 0 Å². The highest BCUT2D eigenvalue weighted by atomic mass is 16.5. The molecule has 1 aromatic heterocycles. The van der Waals surface area contributed by atoms with Crippen LogP contribution in [0.25, 0.3) is 6.08 Å². The first-order valence-corrected chi connectivity index (χ1v) is 4.97. The molecule has 2 unspecified atom stereocenters. The van der Waals surface area contributed by atoms with E-state index in [-0.39, 0.29) is 11.9 Å². The van der Waals surface area contributed by atoms with Crippen molar-refractivity contribution in [3.05, 3.63) is 36.2 Å². The molecule has 1 aromatic rings. The molecule has 0 aliphatic heterocycles. The Morgan fingerprint density at radius 3 is 3.20 bits per heavy atom. The molecule has 1 heterocycles. The first kappa shape index (κ1) is 9.90. The van der Waals surface area contributed by atoms with Crippen LogP contribution in [-0.2, 0) is 9.53 Å². The van der Waals surface area contributed by atoms with Crippen molar-refractivity contribution < 1.29 is 9.53 Å². The fourth-order valence-corrected chi connectivity index (χ4v) is 1.56. The number of aromatic nitrogens is 1. The van der Waals surface area contributed by atoms with E-state index in [1.54, 1.807) is 12.4 Å². The Labute approximate surface area is 88.8 Å². The van der Waals surface area contributed by atoms with Crippen molar-refractivity contribution in [2.75, 3.05) is 7.11 Å². The second-order valence-corrected chi connectivity index (χ2v) is 3.67. The quantitative estimate of drug-likeness (QED) is 0.704. The van der Waals surface area contributed by atoms with E-state index in [9.17, 15) is 4.79 Å². The summed E-state index contributed by atoms with van der Waals surface area (Å²) in [4.78, 5) is 15.1. The highest BCUT2D eigenvalue weighted by molar-refractivity contribution is 5.76. The fraction of sp³-hybridized carbons (Fsp3) is 0.333. The van der Waals surface area contributed by atoms with E-state index in [2.05, 4.69) is 15.8 Å². The predicted molar refractivity (Wildman–Crippen MR) is 56.9 cm³/mol. The Morgan fingerprint density at radius 2 is 2.53 bits per heavy atom. The largest absolute Gasteiger partial charge is 0.469 e. The van der Waals surface area contributed by atoms with E-state index < -0.39 is 0 Å². The minimum atomic E-state index is -0.101. The van der Waals surface area contributed by atoms with E-state index in [4.69, 9.17) is 0 Å². The second kappa shape index (κ2) is 4.26. The number of nitrogens with zero attached hydrogens (tertiary/aromatic N) is 1. The van der Waals surface area contributed by atoms with Gasteiger partial charge in [-0.05, 0) is 24.0 Å². The SMILES string of the molecule is COC(=O)C1CC1C=Cc1cccnc1. The van der Waals surface area contributed by atoms with Crippen LogP contribution < -0.4 is 0 Å². The maximum absolute atomic E-state index is 11.1. The zero-order valence-corrected chi connectivity index (χ0v) is 8.59. The Balaban J connectivity index is 1.90. The molecule has 0 bridgehead atoms. The molecule has 3 heteroatoms. The maximum Gasteiger partial charge on any atom is 0.309 e. The smallest absolute Gasteiger partial charge is 0.309 e. The first-order valence-electron chi connectivity index (χ1n) is 4.97. The molecule has 2 rings (SSSR count). The average molecular weight is 203 g/mol. The van der Waals surface area contributed by atoms with E-state index in [1.807, 2.05) is 18.2 Å². The number of carbonyl (C=O) groups is 1. The maximum atomic E-state index is 11.1. The number of allylic oxidation sites excluding steroid dienone is 1. The van der Waals surface area contributed by atoms with Gasteiger partial charge in [-0.3, -0.25) is 9.78 Å². The van der Waals surface area contributed by atoms with Gasteiger partial charge in [-0.1, -0.05) is 18.2 Å². The lowest BCUT2D eigenvalue weighted by atomic mass is 10.2. The van der Waals surface area contributed by atoms with Gasteiger partial charge < -0.3 is 4.74 Å². The molecule has 2 atom stereocenters. The fourth-order valence-electron chi connectivity index (χ4n) is 1.56. The van der Waals surface area contributed by atoms with Crippen molar-refractivity contribution in [1.82, 2.24) is 4.98 Å². The van der Waals surface area contributed by atoms with Crippen LogP contribution in [0.15, 0.2) is 30.6 Å². The minimum Gasteiger partial charge on any atom is -0.469 e. The number of carbonyl (C=O) groups excluding carboxylic acids is 1. The topological polar surface area (TPSA) is 39.2 Å². The number of hydrogen-bond donors (Lipinski definition) is 0. The summed E-state index contributed by atoms with van der Waals surface area (Å²) < 4.78 is 4.67. The van der Waals surface area contributed by atoms with Gasteiger partial charge in [0.25, 0.3) is 0 Å². The molecule has 0 spiro atoms. The van der Waals surface area contributed by atoms with Crippen molar-refractivity contribution >= 4 is 12.0 Å². The van der Waals surface area contributed by atoms with Crippen LogP contribution in [0.3, 0.4) is 0 Å². The Morgan fingerprint density at radius 1 is 1.67 bits per heavy atom. The Kier molecular flexibility index (Phi) is 2.81. The lowest BCUT2D eigenvalue weighted by Crippen LogP contribution is -2.03. The number of pyridine rings is 1. The summed E-state index contributed by atoms with van der Waals surface area (Å²) in [6.07, 6.45) is 8.50. The molecule has 1 saturated carbocycles. The zero-order chi connectivity index (χ0) is 10.7. The molecule has 1 fully saturated rings. The molecule has 3 nitrogen and oxygen atoms in total. The van der Waals surface area contributed by atoms with Crippen LogP contribution in [0.5, 0.6) is 0 Å². The van der Waals surface area contributed by atoms with Crippen LogP contribution in [-0.4, -0.2) is 18.1 Å². The number of rotatable bonds is 3. The molecule has 15 heavy (non-hydrogen) atoms. The third-order valence-electron chi connectivity index (χ3n) is 2.56. The van der Waals surface area contributed by atoms with E-state index >= 15 is 0 Å². The van der Waals surface area contributed by atoms with Crippen molar-refractivity contribution in [2.45, 2.75) is 6.42 Å². The lowest BCUT2D eigenvalue weighted by Gasteiger charge is -1.94. The molecule has 0 aromatic carbocycles. The normalized spacial score (nSPS) is 24.1. The summed E-state index contributed by atoms with van der Waals surface area (Å²) in [6.45, 7) is 0. The molecule has 1 aliphatic rings. The molecule has 0 saturated heterocycles. The van der Waals surface area contributed by atoms with Gasteiger partial charge in [0.15, 0.2) is 0 Å².